The van der Waals surface area contributed by atoms with Crippen LogP contribution in [0.25, 0.3) is 0 Å². The molecular weight excluding hydrogens is 300 g/mol. The third kappa shape index (κ3) is 3.18. The normalized spacial score (nSPS) is 17.9. The molecular formula is C20H22N2O2. The maximum Gasteiger partial charge on any atom is 0.332 e. The van der Waals surface area contributed by atoms with E-state index in [0.717, 1.165) is 5.56 Å². The summed E-state index contributed by atoms with van der Waals surface area (Å²) in [5.74, 6) is 0.205. The largest absolute Gasteiger partial charge is 0.332 e. The molecule has 4 heteroatoms. The van der Waals surface area contributed by atoms with Crippen molar-refractivity contribution in [1.82, 2.24) is 4.90 Å². The summed E-state index contributed by atoms with van der Waals surface area (Å²) >= 11 is 0. The average molecular weight is 322 g/mol. The van der Waals surface area contributed by atoms with Crippen molar-refractivity contribution in [2.75, 3.05) is 4.90 Å². The van der Waals surface area contributed by atoms with Gasteiger partial charge in [0.1, 0.15) is 6.04 Å². The van der Waals surface area contributed by atoms with E-state index in [1.54, 1.807) is 17.0 Å². The van der Waals surface area contributed by atoms with Gasteiger partial charge in [-0.15, -0.1) is 0 Å². The molecule has 0 N–H and O–H groups in total. The van der Waals surface area contributed by atoms with Crippen molar-refractivity contribution in [3.63, 3.8) is 0 Å². The molecule has 0 radical (unpaired) electrons. The standard InChI is InChI=1S/C20H22N2O2/c1-15(2)13-18-19(23)22(17-11-7-4-8-12-17)20(24)21(18)14-16-9-5-3-6-10-16/h3-12,15,18H,13-14H2,1-2H3. The number of carbonyl (C=O) groups is 2. The first kappa shape index (κ1) is 16.2. The van der Waals surface area contributed by atoms with Gasteiger partial charge in [-0.25, -0.2) is 9.69 Å². The number of benzene rings is 2. The molecule has 1 aliphatic heterocycles. The Kier molecular flexibility index (Phi) is 4.65. The summed E-state index contributed by atoms with van der Waals surface area (Å²) in [6.07, 6.45) is 0.667. The molecule has 1 fully saturated rings. The highest BCUT2D eigenvalue weighted by Crippen LogP contribution is 2.29. The molecule has 2 aromatic rings. The fourth-order valence-electron chi connectivity index (χ4n) is 3.09. The average Bonchev–Trinajstić information content (AvgIpc) is 2.80. The van der Waals surface area contributed by atoms with Crippen LogP contribution in [0, 0.1) is 5.92 Å². The molecule has 0 saturated carbocycles. The summed E-state index contributed by atoms with van der Waals surface area (Å²) in [5.41, 5.74) is 1.67. The number of para-hydroxylation sites is 1. The van der Waals surface area contributed by atoms with Crippen LogP contribution in [0.1, 0.15) is 25.8 Å². The van der Waals surface area contributed by atoms with Crippen molar-refractivity contribution in [2.45, 2.75) is 32.9 Å². The lowest BCUT2D eigenvalue weighted by molar-refractivity contribution is -0.120. The van der Waals surface area contributed by atoms with Crippen LogP contribution in [0.15, 0.2) is 60.7 Å². The fourth-order valence-corrected chi connectivity index (χ4v) is 3.09. The van der Waals surface area contributed by atoms with Gasteiger partial charge in [-0.2, -0.15) is 0 Å². The minimum atomic E-state index is -0.405. The minimum absolute atomic E-state index is 0.129. The number of rotatable bonds is 5. The van der Waals surface area contributed by atoms with Crippen molar-refractivity contribution in [3.8, 4) is 0 Å². The topological polar surface area (TPSA) is 40.6 Å². The van der Waals surface area contributed by atoms with E-state index < -0.39 is 6.04 Å². The lowest BCUT2D eigenvalue weighted by Crippen LogP contribution is -2.35. The zero-order valence-corrected chi connectivity index (χ0v) is 14.1. The summed E-state index contributed by atoms with van der Waals surface area (Å²) in [6, 6.07) is 18.3. The van der Waals surface area contributed by atoms with Crippen LogP contribution >= 0.6 is 0 Å². The zero-order chi connectivity index (χ0) is 17.1. The highest BCUT2D eigenvalue weighted by molar-refractivity contribution is 6.21. The molecule has 124 valence electrons. The zero-order valence-electron chi connectivity index (χ0n) is 14.1. The lowest BCUT2D eigenvalue weighted by atomic mass is 10.0. The Morgan fingerprint density at radius 1 is 0.917 bits per heavy atom. The molecule has 1 heterocycles. The van der Waals surface area contributed by atoms with Gasteiger partial charge in [-0.1, -0.05) is 62.4 Å². The monoisotopic (exact) mass is 322 g/mol. The molecule has 0 aliphatic carbocycles. The summed E-state index contributed by atoms with van der Waals surface area (Å²) in [4.78, 5) is 28.9. The molecule has 1 unspecified atom stereocenters. The van der Waals surface area contributed by atoms with Crippen molar-refractivity contribution in [2.24, 2.45) is 5.92 Å². The van der Waals surface area contributed by atoms with Crippen molar-refractivity contribution in [1.29, 1.82) is 0 Å². The molecule has 24 heavy (non-hydrogen) atoms. The Balaban J connectivity index is 1.92. The van der Waals surface area contributed by atoms with Crippen LogP contribution in [-0.2, 0) is 11.3 Å². The lowest BCUT2D eigenvalue weighted by Gasteiger charge is -2.23. The van der Waals surface area contributed by atoms with Gasteiger partial charge in [-0.05, 0) is 30.0 Å². The van der Waals surface area contributed by atoms with Crippen molar-refractivity contribution in [3.05, 3.63) is 66.2 Å². The first-order valence-electron chi connectivity index (χ1n) is 8.31. The van der Waals surface area contributed by atoms with E-state index in [1.165, 1.54) is 4.90 Å². The van der Waals surface area contributed by atoms with Gasteiger partial charge < -0.3 is 4.90 Å². The van der Waals surface area contributed by atoms with E-state index in [0.29, 0.717) is 24.6 Å². The van der Waals surface area contributed by atoms with Crippen LogP contribution in [0.4, 0.5) is 10.5 Å². The maximum absolute atomic E-state index is 12.9. The summed E-state index contributed by atoms with van der Waals surface area (Å²) in [5, 5.41) is 0. The first-order chi connectivity index (χ1) is 11.6. The minimum Gasteiger partial charge on any atom is -0.308 e. The first-order valence-corrected chi connectivity index (χ1v) is 8.31. The predicted molar refractivity (Wildman–Crippen MR) is 94.6 cm³/mol. The van der Waals surface area contributed by atoms with Crippen LogP contribution in [0.2, 0.25) is 0 Å². The Hall–Kier alpha value is -2.62. The summed E-state index contributed by atoms with van der Waals surface area (Å²) in [6.45, 7) is 4.60. The van der Waals surface area contributed by atoms with Crippen LogP contribution in [0.5, 0.6) is 0 Å². The van der Waals surface area contributed by atoms with Crippen LogP contribution in [0.3, 0.4) is 0 Å². The Morgan fingerprint density at radius 2 is 1.50 bits per heavy atom. The molecule has 0 spiro atoms. The molecule has 1 atom stereocenters. The second-order valence-electron chi connectivity index (χ2n) is 6.55. The summed E-state index contributed by atoms with van der Waals surface area (Å²) in [7, 11) is 0. The molecule has 0 aromatic heterocycles. The molecule has 3 amide bonds. The number of anilines is 1. The third-order valence-electron chi connectivity index (χ3n) is 4.22. The van der Waals surface area contributed by atoms with Crippen molar-refractivity contribution >= 4 is 17.6 Å². The molecule has 4 nitrogen and oxygen atoms in total. The van der Waals surface area contributed by atoms with E-state index in [2.05, 4.69) is 13.8 Å². The fraction of sp³-hybridized carbons (Fsp3) is 0.300. The predicted octanol–water partition coefficient (Wildman–Crippen LogP) is 4.07. The van der Waals surface area contributed by atoms with E-state index in [1.807, 2.05) is 48.5 Å². The van der Waals surface area contributed by atoms with Gasteiger partial charge in [0.25, 0.3) is 5.91 Å². The van der Waals surface area contributed by atoms with Gasteiger partial charge in [0, 0.05) is 6.54 Å². The van der Waals surface area contributed by atoms with Crippen LogP contribution < -0.4 is 4.90 Å². The number of urea groups is 1. The van der Waals surface area contributed by atoms with Gasteiger partial charge in [-0.3, -0.25) is 4.79 Å². The smallest absolute Gasteiger partial charge is 0.308 e. The van der Waals surface area contributed by atoms with Gasteiger partial charge >= 0.3 is 6.03 Å². The Labute approximate surface area is 142 Å². The van der Waals surface area contributed by atoms with Gasteiger partial charge in [0.15, 0.2) is 0 Å². The number of imide groups is 1. The van der Waals surface area contributed by atoms with Crippen LogP contribution in [-0.4, -0.2) is 22.9 Å². The second kappa shape index (κ2) is 6.87. The second-order valence-corrected chi connectivity index (χ2v) is 6.55. The van der Waals surface area contributed by atoms with E-state index >= 15 is 0 Å². The summed E-state index contributed by atoms with van der Waals surface area (Å²) < 4.78 is 0. The van der Waals surface area contributed by atoms with Gasteiger partial charge in [0.2, 0.25) is 0 Å². The highest BCUT2D eigenvalue weighted by Gasteiger charge is 2.45. The molecule has 1 aliphatic rings. The van der Waals surface area contributed by atoms with E-state index in [4.69, 9.17) is 0 Å². The molecule has 3 rings (SSSR count). The quantitative estimate of drug-likeness (QED) is 0.779. The number of nitrogens with zero attached hydrogens (tertiary/aromatic N) is 2. The molecule has 1 saturated heterocycles. The Bertz CT molecular complexity index is 713. The van der Waals surface area contributed by atoms with Gasteiger partial charge in [0.05, 0.1) is 5.69 Å². The number of carbonyl (C=O) groups excluding carboxylic acids is 2. The maximum atomic E-state index is 12.9. The van der Waals surface area contributed by atoms with E-state index in [-0.39, 0.29) is 11.9 Å². The SMILES string of the molecule is CC(C)CC1C(=O)N(c2ccccc2)C(=O)N1Cc1ccccc1. The Morgan fingerprint density at radius 3 is 2.08 bits per heavy atom. The highest BCUT2D eigenvalue weighted by atomic mass is 16.2. The molecule has 0 bridgehead atoms. The third-order valence-corrected chi connectivity index (χ3v) is 4.22. The number of amides is 3. The molecule has 2 aromatic carbocycles. The number of hydrogen-bond donors (Lipinski definition) is 0. The number of hydrogen-bond acceptors (Lipinski definition) is 2. The van der Waals surface area contributed by atoms with E-state index in [9.17, 15) is 9.59 Å². The van der Waals surface area contributed by atoms with Crippen molar-refractivity contribution < 1.29 is 9.59 Å².